The summed E-state index contributed by atoms with van der Waals surface area (Å²) in [5.41, 5.74) is 6.92. The highest BCUT2D eigenvalue weighted by Gasteiger charge is 2.66. The maximum atomic E-state index is 15.6. The third kappa shape index (κ3) is 8.48. The molecule has 5 aromatic rings. The number of hydrogen-bond donors (Lipinski definition) is 3. The standard InChI is InChI=1S/C53H62N4O6Si/c1-34(2)13-12-14-35(3)25-26-56-47-24-19-40(55-49(59)28-39-31-54-46-18-11-10-17-44(39)46)29-45(47)53(52(56)61)36(4)51(64(6,7)43-22-20-42(62-5)21-23-43)48(63-53)30-50(60)57-32-38-16-9-8-15-37(38)27-41(57)33-58/h8-11,13,15-25,29,31,36,41,48,51,54,58H,12,14,26-28,30,32-33H2,1-7H3,(H,55,59)/b35-25+/t36-,41-,48+,51-,53+/m0/s1. The van der Waals surface area contributed by atoms with Crippen LogP contribution in [0.5, 0.6) is 5.75 Å². The molecule has 1 spiro atoms. The van der Waals surface area contributed by atoms with Gasteiger partial charge in [-0.1, -0.05) is 103 Å². The van der Waals surface area contributed by atoms with Gasteiger partial charge in [-0.3, -0.25) is 14.4 Å². The highest BCUT2D eigenvalue weighted by atomic mass is 28.3. The van der Waals surface area contributed by atoms with Gasteiger partial charge in [0, 0.05) is 47.4 Å². The second-order valence-corrected chi connectivity index (χ2v) is 23.5. The van der Waals surface area contributed by atoms with Crippen LogP contribution in [0.2, 0.25) is 18.6 Å². The highest BCUT2D eigenvalue weighted by molar-refractivity contribution is 6.91. The number of para-hydroxylation sites is 1. The number of ether oxygens (including phenoxy) is 2. The molecule has 3 amide bonds. The number of amides is 3. The summed E-state index contributed by atoms with van der Waals surface area (Å²) >= 11 is 0. The Balaban J connectivity index is 1.18. The van der Waals surface area contributed by atoms with E-state index < -0.39 is 19.8 Å². The molecule has 0 saturated carbocycles. The maximum Gasteiger partial charge on any atom is 0.264 e. The van der Waals surface area contributed by atoms with E-state index in [0.717, 1.165) is 51.9 Å². The number of fused-ring (bicyclic) bond motifs is 4. The summed E-state index contributed by atoms with van der Waals surface area (Å²) < 4.78 is 13.0. The summed E-state index contributed by atoms with van der Waals surface area (Å²) in [6.45, 7) is 13.6. The smallest absolute Gasteiger partial charge is 0.264 e. The van der Waals surface area contributed by atoms with E-state index in [4.69, 9.17) is 9.47 Å². The first kappa shape index (κ1) is 44.8. The van der Waals surface area contributed by atoms with Gasteiger partial charge >= 0.3 is 0 Å². The Hall–Kier alpha value is -5.75. The van der Waals surface area contributed by atoms with E-state index in [2.05, 4.69) is 81.4 Å². The molecule has 1 aromatic heterocycles. The molecular formula is C53H62N4O6Si. The molecule has 4 heterocycles. The zero-order valence-corrected chi connectivity index (χ0v) is 39.2. The Bertz CT molecular complexity index is 2610. The van der Waals surface area contributed by atoms with Gasteiger partial charge in [-0.05, 0) is 98.7 Å². The van der Waals surface area contributed by atoms with Crippen LogP contribution in [-0.2, 0) is 44.1 Å². The second-order valence-electron chi connectivity index (χ2n) is 18.8. The number of hydrogen-bond acceptors (Lipinski definition) is 6. The van der Waals surface area contributed by atoms with Crippen molar-refractivity contribution in [2.24, 2.45) is 5.92 Å². The van der Waals surface area contributed by atoms with Crippen LogP contribution in [0.15, 0.2) is 120 Å². The SMILES string of the molecule is COc1ccc([Si](C)(C)[C@@H]2[C@@H](CC(=O)N3Cc4ccccc4C[C@H]3CO)O[C@]3(C(=O)N(C/C=C(\C)CCC=C(C)C)c4ccc(NC(=O)Cc5c[nH]c6ccccc56)cc43)[C@H]2C)cc1. The fourth-order valence-corrected chi connectivity index (χ4v) is 14.7. The molecule has 0 bridgehead atoms. The van der Waals surface area contributed by atoms with Gasteiger partial charge in [-0.15, -0.1) is 0 Å². The molecule has 5 atom stereocenters. The molecule has 0 radical (unpaired) electrons. The van der Waals surface area contributed by atoms with Crippen molar-refractivity contribution in [3.63, 3.8) is 0 Å². The quantitative estimate of drug-likeness (QED) is 0.0757. The van der Waals surface area contributed by atoms with Crippen LogP contribution in [0.1, 0.15) is 69.2 Å². The van der Waals surface area contributed by atoms with Gasteiger partial charge in [-0.2, -0.15) is 0 Å². The van der Waals surface area contributed by atoms with Crippen LogP contribution >= 0.6 is 0 Å². The number of rotatable bonds is 14. The summed E-state index contributed by atoms with van der Waals surface area (Å²) in [5, 5.41) is 15.9. The molecule has 3 aliphatic rings. The molecular weight excluding hydrogens is 817 g/mol. The molecule has 11 heteroatoms. The van der Waals surface area contributed by atoms with E-state index in [1.54, 1.807) is 12.0 Å². The van der Waals surface area contributed by atoms with Crippen LogP contribution in [0.25, 0.3) is 10.9 Å². The van der Waals surface area contributed by atoms with Crippen LogP contribution in [0, 0.1) is 5.92 Å². The first-order valence-electron chi connectivity index (χ1n) is 22.6. The van der Waals surface area contributed by atoms with Crippen molar-refractivity contribution in [2.75, 3.05) is 30.5 Å². The Labute approximate surface area is 378 Å². The molecule has 64 heavy (non-hydrogen) atoms. The number of methoxy groups -OCH3 is 1. The number of benzene rings is 4. The van der Waals surface area contributed by atoms with Crippen molar-refractivity contribution < 1.29 is 29.0 Å². The topological polar surface area (TPSA) is 124 Å². The fourth-order valence-electron chi connectivity index (χ4n) is 10.7. The van der Waals surface area contributed by atoms with Crippen molar-refractivity contribution in [3.05, 3.63) is 143 Å². The normalized spacial score (nSPS) is 21.9. The van der Waals surface area contributed by atoms with Gasteiger partial charge in [-0.25, -0.2) is 0 Å². The Morgan fingerprint density at radius 3 is 2.45 bits per heavy atom. The summed E-state index contributed by atoms with van der Waals surface area (Å²) in [6.07, 6.45) is 8.20. The van der Waals surface area contributed by atoms with Crippen molar-refractivity contribution in [2.45, 2.75) is 103 Å². The molecule has 3 aliphatic heterocycles. The van der Waals surface area contributed by atoms with Crippen LogP contribution in [0.4, 0.5) is 11.4 Å². The fraction of sp³-hybridized carbons (Fsp3) is 0.377. The molecule has 334 valence electrons. The molecule has 10 nitrogen and oxygen atoms in total. The van der Waals surface area contributed by atoms with Crippen molar-refractivity contribution in [1.82, 2.24) is 9.88 Å². The van der Waals surface area contributed by atoms with Gasteiger partial charge in [0.1, 0.15) is 5.75 Å². The van der Waals surface area contributed by atoms with Crippen molar-refractivity contribution in [3.8, 4) is 5.75 Å². The largest absolute Gasteiger partial charge is 0.497 e. The number of carbonyl (C=O) groups excluding carboxylic acids is 3. The van der Waals surface area contributed by atoms with Crippen molar-refractivity contribution in [1.29, 1.82) is 0 Å². The van der Waals surface area contributed by atoms with Crippen LogP contribution in [-0.4, -0.2) is 73.2 Å². The van der Waals surface area contributed by atoms with Gasteiger partial charge in [0.2, 0.25) is 11.8 Å². The zero-order valence-electron chi connectivity index (χ0n) is 38.2. The van der Waals surface area contributed by atoms with Gasteiger partial charge < -0.3 is 34.7 Å². The number of nitrogens with zero attached hydrogens (tertiary/aromatic N) is 2. The average molecular weight is 879 g/mol. The van der Waals surface area contributed by atoms with E-state index in [9.17, 15) is 14.7 Å². The van der Waals surface area contributed by atoms with E-state index >= 15 is 4.79 Å². The lowest BCUT2D eigenvalue weighted by atomic mass is 9.82. The maximum absolute atomic E-state index is 15.6. The summed E-state index contributed by atoms with van der Waals surface area (Å²) in [6, 6.07) is 29.6. The summed E-state index contributed by atoms with van der Waals surface area (Å²) in [4.78, 5) is 51.1. The minimum Gasteiger partial charge on any atom is -0.497 e. The number of H-pyrrole nitrogens is 1. The number of aliphatic hydroxyl groups excluding tert-OH is 1. The predicted octanol–water partition coefficient (Wildman–Crippen LogP) is 8.95. The third-order valence-electron chi connectivity index (χ3n) is 14.1. The van der Waals surface area contributed by atoms with E-state index in [0.29, 0.717) is 30.8 Å². The predicted molar refractivity (Wildman–Crippen MR) is 258 cm³/mol. The number of aromatic nitrogens is 1. The first-order chi connectivity index (χ1) is 30.7. The number of allylic oxidation sites excluding steroid dienone is 3. The average Bonchev–Trinajstić information content (AvgIpc) is 3.90. The minimum atomic E-state index is -2.60. The Kier molecular flexibility index (Phi) is 12.9. The number of nitrogens with one attached hydrogen (secondary N) is 2. The molecule has 0 aliphatic carbocycles. The molecule has 4 aromatic carbocycles. The second kappa shape index (κ2) is 18.4. The van der Waals surface area contributed by atoms with E-state index in [-0.39, 0.29) is 54.7 Å². The van der Waals surface area contributed by atoms with Crippen molar-refractivity contribution >= 4 is 53.3 Å². The summed E-state index contributed by atoms with van der Waals surface area (Å²) in [7, 11) is -0.940. The highest BCUT2D eigenvalue weighted by Crippen LogP contribution is 2.60. The van der Waals surface area contributed by atoms with Gasteiger partial charge in [0.25, 0.3) is 5.91 Å². The van der Waals surface area contributed by atoms with E-state index in [1.165, 1.54) is 16.3 Å². The zero-order chi connectivity index (χ0) is 45.3. The van der Waals surface area contributed by atoms with Crippen LogP contribution in [0.3, 0.4) is 0 Å². The lowest BCUT2D eigenvalue weighted by Crippen LogP contribution is -2.52. The number of aromatic amines is 1. The Morgan fingerprint density at radius 2 is 1.72 bits per heavy atom. The van der Waals surface area contributed by atoms with Gasteiger partial charge in [0.15, 0.2) is 5.60 Å². The van der Waals surface area contributed by atoms with E-state index in [1.807, 2.05) is 83.9 Å². The van der Waals surface area contributed by atoms with Gasteiger partial charge in [0.05, 0.1) is 52.5 Å². The lowest BCUT2D eigenvalue weighted by Gasteiger charge is -2.39. The summed E-state index contributed by atoms with van der Waals surface area (Å²) in [5.74, 6) is -0.0487. The number of anilines is 2. The Morgan fingerprint density at radius 1 is 0.984 bits per heavy atom. The third-order valence-corrected chi connectivity index (χ3v) is 18.5. The lowest BCUT2D eigenvalue weighted by molar-refractivity contribution is -0.150. The van der Waals surface area contributed by atoms with Crippen LogP contribution < -0.4 is 20.1 Å². The molecule has 8 rings (SSSR count). The first-order valence-corrected chi connectivity index (χ1v) is 25.7. The molecule has 0 unspecified atom stereocenters. The molecule has 1 fully saturated rings. The number of carbonyl (C=O) groups is 3. The molecule has 1 saturated heterocycles. The minimum absolute atomic E-state index is 0.0506. The monoisotopic (exact) mass is 878 g/mol. The molecule has 3 N–H and O–H groups in total. The number of aliphatic hydroxyl groups is 1.